The van der Waals surface area contributed by atoms with Gasteiger partial charge in [0.1, 0.15) is 0 Å². The molecule has 0 heterocycles. The summed E-state index contributed by atoms with van der Waals surface area (Å²) in [6, 6.07) is 0. The van der Waals surface area contributed by atoms with Crippen molar-refractivity contribution in [3.8, 4) is 0 Å². The minimum absolute atomic E-state index is 0.617. The van der Waals surface area contributed by atoms with Crippen LogP contribution in [0.3, 0.4) is 0 Å². The van der Waals surface area contributed by atoms with Crippen LogP contribution in [0.1, 0.15) is 20.3 Å². The highest BCUT2D eigenvalue weighted by Gasteiger charge is 2.04. The monoisotopic (exact) mass is 240 g/mol. The maximum absolute atomic E-state index is 4.36. The predicted octanol–water partition coefficient (Wildman–Crippen LogP) is 3.52. The molecular weight excluding hydrogens is 224 g/mol. The van der Waals surface area contributed by atoms with Crippen molar-refractivity contribution in [3.63, 3.8) is 0 Å². The lowest BCUT2D eigenvalue weighted by Gasteiger charge is -2.10. The van der Waals surface area contributed by atoms with Gasteiger partial charge in [-0.1, -0.05) is 6.92 Å². The fourth-order valence-electron chi connectivity index (χ4n) is 0.733. The van der Waals surface area contributed by atoms with E-state index in [0.717, 1.165) is 27.7 Å². The average Bonchev–Trinajstić information content (AvgIpc) is 2.00. The van der Waals surface area contributed by atoms with E-state index in [1.807, 2.05) is 18.7 Å². The smallest absolute Gasteiger partial charge is 0.00646 e. The molecule has 0 aromatic heterocycles. The summed E-state index contributed by atoms with van der Waals surface area (Å²) in [7, 11) is 0. The van der Waals surface area contributed by atoms with Gasteiger partial charge in [-0.25, -0.2) is 0 Å². The molecular formula is C8H16S4. The molecule has 0 aliphatic rings. The van der Waals surface area contributed by atoms with E-state index in [2.05, 4.69) is 44.8 Å². The Balaban J connectivity index is 3.69. The molecule has 0 radical (unpaired) electrons. The molecule has 0 fully saturated rings. The van der Waals surface area contributed by atoms with E-state index in [1.54, 1.807) is 0 Å². The van der Waals surface area contributed by atoms with E-state index in [1.165, 1.54) is 0 Å². The molecule has 1 unspecified atom stereocenters. The van der Waals surface area contributed by atoms with Crippen LogP contribution in [0.5, 0.6) is 0 Å². The maximum atomic E-state index is 4.36. The second-order valence-corrected chi connectivity index (χ2v) is 5.85. The zero-order valence-corrected chi connectivity index (χ0v) is 10.9. The Morgan fingerprint density at radius 3 is 2.42 bits per heavy atom. The Labute approximate surface area is 96.2 Å². The predicted molar refractivity (Wildman–Crippen MR) is 71.1 cm³/mol. The Morgan fingerprint density at radius 2 is 2.00 bits per heavy atom. The molecule has 0 rings (SSSR count). The number of thiol groups is 3. The van der Waals surface area contributed by atoms with Crippen molar-refractivity contribution in [2.75, 3.05) is 11.5 Å². The normalized spacial score (nSPS) is 15.8. The zero-order valence-electron chi connectivity index (χ0n) is 7.45. The molecule has 0 aromatic carbocycles. The number of rotatable bonds is 5. The van der Waals surface area contributed by atoms with E-state index in [0.29, 0.717) is 5.25 Å². The third kappa shape index (κ3) is 6.63. The van der Waals surface area contributed by atoms with Crippen molar-refractivity contribution < 1.29 is 0 Å². The van der Waals surface area contributed by atoms with E-state index in [-0.39, 0.29) is 0 Å². The van der Waals surface area contributed by atoms with Crippen LogP contribution in [0.15, 0.2) is 9.81 Å². The molecule has 0 aliphatic carbocycles. The van der Waals surface area contributed by atoms with Crippen molar-refractivity contribution in [3.05, 3.63) is 9.81 Å². The molecule has 0 bridgehead atoms. The molecule has 0 saturated carbocycles. The minimum atomic E-state index is 0.617. The second kappa shape index (κ2) is 7.54. The molecule has 0 spiro atoms. The molecule has 0 N–H and O–H groups in total. The minimum Gasteiger partial charge on any atom is -0.179 e. The van der Waals surface area contributed by atoms with Crippen molar-refractivity contribution in [2.24, 2.45) is 0 Å². The van der Waals surface area contributed by atoms with E-state index >= 15 is 0 Å². The van der Waals surface area contributed by atoms with Crippen LogP contribution in [-0.2, 0) is 0 Å². The van der Waals surface area contributed by atoms with Crippen molar-refractivity contribution in [2.45, 2.75) is 25.5 Å². The number of hydrogen-bond donors (Lipinski definition) is 3. The largest absolute Gasteiger partial charge is 0.179 e. The van der Waals surface area contributed by atoms with Gasteiger partial charge in [-0.3, -0.25) is 0 Å². The Morgan fingerprint density at radius 1 is 1.42 bits per heavy atom. The van der Waals surface area contributed by atoms with Gasteiger partial charge in [0.05, 0.1) is 0 Å². The highest BCUT2D eigenvalue weighted by Crippen LogP contribution is 2.24. The van der Waals surface area contributed by atoms with Gasteiger partial charge in [0.2, 0.25) is 0 Å². The molecule has 1 atom stereocenters. The first-order chi connectivity index (χ1) is 5.57. The number of allylic oxidation sites excluding steroid dienone is 2. The molecule has 4 heteroatoms. The average molecular weight is 240 g/mol. The Kier molecular flexibility index (Phi) is 8.25. The highest BCUT2D eigenvalue weighted by atomic mass is 32.2. The van der Waals surface area contributed by atoms with E-state index < -0.39 is 0 Å². The van der Waals surface area contributed by atoms with Gasteiger partial charge < -0.3 is 0 Å². The summed E-state index contributed by atoms with van der Waals surface area (Å²) in [5.74, 6) is 2.05. The number of thioether (sulfide) groups is 1. The fourth-order valence-corrected chi connectivity index (χ4v) is 2.33. The van der Waals surface area contributed by atoms with Crippen molar-refractivity contribution in [1.29, 1.82) is 0 Å². The molecule has 0 aliphatic heterocycles. The summed E-state index contributed by atoms with van der Waals surface area (Å²) in [6.07, 6.45) is 1.01. The Bertz CT molecular complexity index is 149. The van der Waals surface area contributed by atoms with Crippen LogP contribution in [0, 0.1) is 0 Å². The summed E-state index contributed by atoms with van der Waals surface area (Å²) in [6.45, 7) is 4.18. The fraction of sp³-hybridized carbons (Fsp3) is 0.750. The first-order valence-corrected chi connectivity index (χ1v) is 6.45. The van der Waals surface area contributed by atoms with Crippen LogP contribution in [0.25, 0.3) is 0 Å². The molecule has 72 valence electrons. The molecule has 0 aromatic rings. The van der Waals surface area contributed by atoms with Crippen LogP contribution < -0.4 is 0 Å². The quantitative estimate of drug-likeness (QED) is 0.618. The van der Waals surface area contributed by atoms with Gasteiger partial charge in [-0.2, -0.15) is 24.4 Å². The summed E-state index contributed by atoms with van der Waals surface area (Å²) >= 11 is 14.7. The van der Waals surface area contributed by atoms with Crippen LogP contribution in [0.4, 0.5) is 0 Å². The third-order valence-corrected chi connectivity index (χ3v) is 4.06. The van der Waals surface area contributed by atoms with Gasteiger partial charge in [0.25, 0.3) is 0 Å². The summed E-state index contributed by atoms with van der Waals surface area (Å²) in [5.41, 5.74) is 0. The van der Waals surface area contributed by atoms with Crippen LogP contribution in [-0.4, -0.2) is 16.8 Å². The van der Waals surface area contributed by atoms with Crippen molar-refractivity contribution >= 4 is 49.6 Å². The van der Waals surface area contributed by atoms with Gasteiger partial charge in [-0.05, 0) is 28.9 Å². The second-order valence-electron chi connectivity index (χ2n) is 2.64. The first kappa shape index (κ1) is 13.1. The summed E-state index contributed by atoms with van der Waals surface area (Å²) < 4.78 is 0. The molecule has 0 amide bonds. The first-order valence-electron chi connectivity index (χ1n) is 3.88. The summed E-state index contributed by atoms with van der Waals surface area (Å²) in [5, 5.41) is 0.617. The molecule has 12 heavy (non-hydrogen) atoms. The van der Waals surface area contributed by atoms with Gasteiger partial charge in [-0.15, -0.1) is 25.3 Å². The lowest BCUT2D eigenvalue weighted by atomic mass is 10.3. The van der Waals surface area contributed by atoms with E-state index in [4.69, 9.17) is 0 Å². The zero-order chi connectivity index (χ0) is 9.56. The van der Waals surface area contributed by atoms with Crippen molar-refractivity contribution in [1.82, 2.24) is 0 Å². The SMILES string of the molecule is C/C(S)=C(/S)CC(C)SCCS. The standard InChI is InChI=1S/C8H16S4/c1-6(12-4-3-9)5-8(11)7(2)10/h6,9-11H,3-5H2,1-2H3/b8-7-. The van der Waals surface area contributed by atoms with Gasteiger partial charge in [0, 0.05) is 11.0 Å². The lowest BCUT2D eigenvalue weighted by molar-refractivity contribution is 0.967. The van der Waals surface area contributed by atoms with Gasteiger partial charge in [0.15, 0.2) is 0 Å². The van der Waals surface area contributed by atoms with Gasteiger partial charge >= 0.3 is 0 Å². The highest BCUT2D eigenvalue weighted by molar-refractivity contribution is 8.00. The van der Waals surface area contributed by atoms with Crippen LogP contribution >= 0.6 is 49.6 Å². The summed E-state index contributed by atoms with van der Waals surface area (Å²) in [4.78, 5) is 2.12. The molecule has 0 saturated heterocycles. The topological polar surface area (TPSA) is 0 Å². The molecule has 0 nitrogen and oxygen atoms in total. The number of hydrogen-bond acceptors (Lipinski definition) is 4. The van der Waals surface area contributed by atoms with Crippen LogP contribution in [0.2, 0.25) is 0 Å². The van der Waals surface area contributed by atoms with E-state index in [9.17, 15) is 0 Å². The maximum Gasteiger partial charge on any atom is 0.00646 e. The third-order valence-electron chi connectivity index (χ3n) is 1.39. The lowest BCUT2D eigenvalue weighted by Crippen LogP contribution is -1.98. The Hall–Kier alpha value is 1.14.